The Labute approximate surface area is 142 Å². The molecule has 3 rings (SSSR count). The van der Waals surface area contributed by atoms with E-state index in [1.165, 1.54) is 15.9 Å². The van der Waals surface area contributed by atoms with Crippen molar-refractivity contribution in [3.8, 4) is 0 Å². The predicted molar refractivity (Wildman–Crippen MR) is 104 cm³/mol. The van der Waals surface area contributed by atoms with Crippen LogP contribution in [0.5, 0.6) is 0 Å². The molecule has 0 fully saturated rings. The molecule has 3 aromatic rings. The fourth-order valence-electron chi connectivity index (χ4n) is 2.64. The van der Waals surface area contributed by atoms with E-state index in [-0.39, 0.29) is 0 Å². The van der Waals surface area contributed by atoms with Crippen LogP contribution in [0.4, 0.5) is 0 Å². The molecule has 0 aliphatic carbocycles. The summed E-state index contributed by atoms with van der Waals surface area (Å²) in [4.78, 5) is 0. The first-order valence-corrected chi connectivity index (χ1v) is 12.6. The molecule has 0 saturated heterocycles. The molecule has 0 amide bonds. The van der Waals surface area contributed by atoms with Crippen LogP contribution < -0.4 is 15.9 Å². The lowest BCUT2D eigenvalue weighted by Gasteiger charge is -2.27. The van der Waals surface area contributed by atoms with Crippen LogP contribution in [0.25, 0.3) is 0 Å². The van der Waals surface area contributed by atoms with Crippen molar-refractivity contribution in [2.75, 3.05) is 0 Å². The van der Waals surface area contributed by atoms with Crippen molar-refractivity contribution < 1.29 is 0 Å². The van der Waals surface area contributed by atoms with Crippen molar-refractivity contribution in [1.82, 2.24) is 0 Å². The first-order chi connectivity index (χ1) is 10.8. The number of halogens is 2. The third-order valence-electron chi connectivity index (χ3n) is 3.62. The Morgan fingerprint density at radius 3 is 1.00 bits per heavy atom. The van der Waals surface area contributed by atoms with Gasteiger partial charge in [0.15, 0.2) is 6.95 Å². The molecule has 0 heterocycles. The third kappa shape index (κ3) is 2.82. The summed E-state index contributed by atoms with van der Waals surface area (Å²) < 4.78 is 0. The van der Waals surface area contributed by atoms with Gasteiger partial charge in [0.05, 0.1) is 0 Å². The van der Waals surface area contributed by atoms with Crippen LogP contribution in [-0.4, -0.2) is 0 Å². The Kier molecular flexibility index (Phi) is 5.17. The van der Waals surface area contributed by atoms with Crippen LogP contribution in [0.1, 0.15) is 0 Å². The molecule has 22 heavy (non-hydrogen) atoms. The van der Waals surface area contributed by atoms with Crippen LogP contribution in [0, 0.1) is 0 Å². The molecule has 0 aliphatic heterocycles. The van der Waals surface area contributed by atoms with E-state index in [0.717, 1.165) is 0 Å². The fraction of sp³-hybridized carbons (Fsp3) is 0. The minimum atomic E-state index is -2.03. The van der Waals surface area contributed by atoms with E-state index < -0.39 is 13.3 Å². The van der Waals surface area contributed by atoms with Gasteiger partial charge in [-0.3, -0.25) is 0 Å². The summed E-state index contributed by atoms with van der Waals surface area (Å²) in [6.07, 6.45) is -1.22. The van der Waals surface area contributed by atoms with Crippen LogP contribution in [0.2, 0.25) is 0 Å². The zero-order chi connectivity index (χ0) is 15.4. The van der Waals surface area contributed by atoms with Crippen LogP contribution >= 0.6 is 35.7 Å². The molecule has 0 saturated carbocycles. The van der Waals surface area contributed by atoms with E-state index in [9.17, 15) is 0 Å². The van der Waals surface area contributed by atoms with Gasteiger partial charge in [-0.2, -0.15) is 0 Å². The first kappa shape index (κ1) is 16.0. The second-order valence-corrected chi connectivity index (χ2v) is 15.1. The average Bonchev–Trinajstić information content (AvgIpc) is 2.58. The highest BCUT2D eigenvalue weighted by atomic mass is 35.9. The molecule has 0 bridgehead atoms. The Hall–Kier alpha value is -0.900. The molecule has 3 aromatic carbocycles. The number of benzene rings is 3. The summed E-state index contributed by atoms with van der Waals surface area (Å²) in [5.74, 6) is 0. The van der Waals surface area contributed by atoms with Gasteiger partial charge >= 0.3 is 0 Å². The minimum Gasteiger partial charge on any atom is -0.0620 e. The molecule has 0 nitrogen and oxygen atoms in total. The molecule has 0 aromatic heterocycles. The summed E-state index contributed by atoms with van der Waals surface area (Å²) in [7, 11) is 0. The van der Waals surface area contributed by atoms with Gasteiger partial charge in [0, 0.05) is 0 Å². The van der Waals surface area contributed by atoms with E-state index >= 15 is 0 Å². The maximum absolute atomic E-state index is 6.68. The highest BCUT2D eigenvalue weighted by molar-refractivity contribution is 8.63. The lowest BCUT2D eigenvalue weighted by atomic mass is 10.4. The quantitative estimate of drug-likeness (QED) is 0.522. The van der Waals surface area contributed by atoms with Crippen LogP contribution in [0.3, 0.4) is 0 Å². The minimum absolute atomic E-state index is 1.22. The van der Waals surface area contributed by atoms with Gasteiger partial charge < -0.3 is 0 Å². The third-order valence-corrected chi connectivity index (χ3v) is 14.7. The second-order valence-electron chi connectivity index (χ2n) is 4.86. The van der Waals surface area contributed by atoms with Crippen molar-refractivity contribution in [2.24, 2.45) is 0 Å². The van der Waals surface area contributed by atoms with Gasteiger partial charge in [-0.25, -0.2) is 0 Å². The standard InChI is InChI=1S/C18H15Cl2P2/c19-21(20)22(16-10-4-1-5-11-16,17-12-6-2-7-13-17)18-14-8-3-9-15-18/h1-15H/q+1. The van der Waals surface area contributed by atoms with Gasteiger partial charge in [0.2, 0.25) is 0 Å². The number of hydrogen-bond acceptors (Lipinski definition) is 0. The van der Waals surface area contributed by atoms with Crippen molar-refractivity contribution in [1.29, 1.82) is 0 Å². The van der Waals surface area contributed by atoms with Crippen LogP contribution in [0.15, 0.2) is 91.0 Å². The second kappa shape index (κ2) is 7.12. The number of rotatable bonds is 4. The number of hydrogen-bond donors (Lipinski definition) is 0. The van der Waals surface area contributed by atoms with Gasteiger partial charge in [0.1, 0.15) is 15.9 Å². The Morgan fingerprint density at radius 2 is 0.773 bits per heavy atom. The van der Waals surface area contributed by atoms with E-state index in [0.29, 0.717) is 0 Å². The lowest BCUT2D eigenvalue weighted by Crippen LogP contribution is -2.28. The van der Waals surface area contributed by atoms with Gasteiger partial charge in [-0.15, -0.1) is 0 Å². The maximum atomic E-state index is 6.68. The Morgan fingerprint density at radius 1 is 0.500 bits per heavy atom. The maximum Gasteiger partial charge on any atom is 0.263 e. The normalized spacial score (nSPS) is 11.6. The van der Waals surface area contributed by atoms with E-state index in [1.807, 2.05) is 18.2 Å². The molecule has 4 heteroatoms. The molecular formula is C18H15Cl2P2+. The largest absolute Gasteiger partial charge is 0.263 e. The molecule has 0 unspecified atom stereocenters. The zero-order valence-corrected chi connectivity index (χ0v) is 15.1. The summed E-state index contributed by atoms with van der Waals surface area (Å²) in [6.45, 7) is -2.03. The Bertz CT molecular complexity index is 619. The van der Waals surface area contributed by atoms with Gasteiger partial charge in [-0.05, 0) is 58.9 Å². The Balaban J connectivity index is 2.34. The summed E-state index contributed by atoms with van der Waals surface area (Å²) >= 11 is 13.4. The molecule has 0 N–H and O–H groups in total. The molecule has 110 valence electrons. The monoisotopic (exact) mass is 363 g/mol. The van der Waals surface area contributed by atoms with Gasteiger partial charge in [0.25, 0.3) is 6.32 Å². The van der Waals surface area contributed by atoms with E-state index in [2.05, 4.69) is 72.8 Å². The fourth-order valence-corrected chi connectivity index (χ4v) is 13.4. The summed E-state index contributed by atoms with van der Waals surface area (Å²) in [5, 5.41) is 3.68. The van der Waals surface area contributed by atoms with Crippen molar-refractivity contribution in [3.63, 3.8) is 0 Å². The molecular weight excluding hydrogens is 349 g/mol. The van der Waals surface area contributed by atoms with E-state index in [4.69, 9.17) is 22.5 Å². The van der Waals surface area contributed by atoms with E-state index in [1.54, 1.807) is 0 Å². The van der Waals surface area contributed by atoms with Crippen molar-refractivity contribution in [2.45, 2.75) is 0 Å². The molecule has 0 radical (unpaired) electrons. The van der Waals surface area contributed by atoms with Gasteiger partial charge in [-0.1, -0.05) is 54.6 Å². The molecule has 0 aliphatic rings. The summed E-state index contributed by atoms with van der Waals surface area (Å²) in [5.41, 5.74) is 0. The first-order valence-electron chi connectivity index (χ1n) is 6.94. The smallest absolute Gasteiger partial charge is 0.0620 e. The highest BCUT2D eigenvalue weighted by Crippen LogP contribution is 2.86. The zero-order valence-electron chi connectivity index (χ0n) is 11.8. The SMILES string of the molecule is ClP(Cl)[P+](c1ccccc1)(c1ccccc1)c1ccccc1. The van der Waals surface area contributed by atoms with Crippen LogP contribution in [-0.2, 0) is 0 Å². The van der Waals surface area contributed by atoms with Crippen molar-refractivity contribution in [3.05, 3.63) is 91.0 Å². The topological polar surface area (TPSA) is 0 Å². The molecule has 0 spiro atoms. The average molecular weight is 364 g/mol. The summed E-state index contributed by atoms with van der Waals surface area (Å²) in [6, 6.07) is 31.3. The highest BCUT2D eigenvalue weighted by Gasteiger charge is 2.52. The predicted octanol–water partition coefficient (Wildman–Crippen LogP) is 5.69. The lowest BCUT2D eigenvalue weighted by molar-refractivity contribution is 1.73. The molecule has 0 atom stereocenters. The van der Waals surface area contributed by atoms with Crippen molar-refractivity contribution >= 4 is 51.7 Å².